The molecule has 0 saturated heterocycles. The van der Waals surface area contributed by atoms with Gasteiger partial charge in [-0.2, -0.15) is 0 Å². The Bertz CT molecular complexity index is 329. The summed E-state index contributed by atoms with van der Waals surface area (Å²) in [5.74, 6) is 0. The van der Waals surface area contributed by atoms with Gasteiger partial charge in [0.15, 0.2) is 0 Å². The number of aliphatic hydroxyl groups excluding tert-OH is 1. The average Bonchev–Trinajstić information content (AvgIpc) is 2.43. The van der Waals surface area contributed by atoms with Crippen LogP contribution in [-0.4, -0.2) is 11.2 Å². The number of hydrogen-bond acceptors (Lipinski definition) is 1. The van der Waals surface area contributed by atoms with Crippen molar-refractivity contribution in [3.05, 3.63) is 35.9 Å². The highest BCUT2D eigenvalue weighted by Crippen LogP contribution is 2.29. The van der Waals surface area contributed by atoms with Gasteiger partial charge in [-0.05, 0) is 12.0 Å². The van der Waals surface area contributed by atoms with Gasteiger partial charge in [0, 0.05) is 5.41 Å². The van der Waals surface area contributed by atoms with Crippen LogP contribution in [-0.2, 0) is 5.41 Å². The zero-order chi connectivity index (χ0) is 14.1. The highest BCUT2D eigenvalue weighted by atomic mass is 16.3. The summed E-state index contributed by atoms with van der Waals surface area (Å²) in [5.41, 5.74) is 1.08. The molecule has 0 heterocycles. The lowest BCUT2D eigenvalue weighted by Crippen LogP contribution is -2.33. The van der Waals surface area contributed by atoms with Crippen molar-refractivity contribution in [1.82, 2.24) is 0 Å². The van der Waals surface area contributed by atoms with Gasteiger partial charge in [-0.3, -0.25) is 0 Å². The van der Waals surface area contributed by atoms with E-state index in [2.05, 4.69) is 45.0 Å². The fraction of sp³-hybridized carbons (Fsp3) is 0.667. The van der Waals surface area contributed by atoms with Gasteiger partial charge in [-0.25, -0.2) is 0 Å². The van der Waals surface area contributed by atoms with Gasteiger partial charge in [-0.15, -0.1) is 0 Å². The molecule has 0 aromatic heterocycles. The highest BCUT2D eigenvalue weighted by molar-refractivity contribution is 5.24. The van der Waals surface area contributed by atoms with Crippen LogP contribution in [0.25, 0.3) is 0 Å². The van der Waals surface area contributed by atoms with E-state index in [0.717, 1.165) is 12.8 Å². The lowest BCUT2D eigenvalue weighted by Gasteiger charge is -2.31. The molecule has 1 atom stereocenters. The molecule has 1 heteroatoms. The highest BCUT2D eigenvalue weighted by Gasteiger charge is 2.28. The van der Waals surface area contributed by atoms with Crippen LogP contribution in [0.15, 0.2) is 30.3 Å². The summed E-state index contributed by atoms with van der Waals surface area (Å²) >= 11 is 0. The molecule has 0 bridgehead atoms. The third-order valence-corrected chi connectivity index (χ3v) is 4.18. The van der Waals surface area contributed by atoms with E-state index in [0.29, 0.717) is 0 Å². The molecular weight excluding hydrogens is 232 g/mol. The zero-order valence-corrected chi connectivity index (χ0v) is 12.9. The van der Waals surface area contributed by atoms with Gasteiger partial charge in [-0.1, -0.05) is 89.6 Å². The van der Waals surface area contributed by atoms with Gasteiger partial charge in [0.25, 0.3) is 0 Å². The topological polar surface area (TPSA) is 20.2 Å². The predicted molar refractivity (Wildman–Crippen MR) is 83.5 cm³/mol. The van der Waals surface area contributed by atoms with E-state index < -0.39 is 0 Å². The van der Waals surface area contributed by atoms with Crippen LogP contribution in [0.1, 0.15) is 71.3 Å². The molecule has 0 aliphatic carbocycles. The Morgan fingerprint density at radius 3 is 2.16 bits per heavy atom. The number of hydrogen-bond donors (Lipinski definition) is 1. The van der Waals surface area contributed by atoms with Crippen LogP contribution < -0.4 is 0 Å². The van der Waals surface area contributed by atoms with Crippen LogP contribution in [0.5, 0.6) is 0 Å². The molecule has 1 unspecified atom stereocenters. The van der Waals surface area contributed by atoms with Crippen molar-refractivity contribution < 1.29 is 5.11 Å². The molecule has 0 aliphatic rings. The normalized spacial score (nSPS) is 13.5. The van der Waals surface area contributed by atoms with Crippen LogP contribution in [0.3, 0.4) is 0 Å². The summed E-state index contributed by atoms with van der Waals surface area (Å²) in [5, 5.41) is 10.4. The first-order valence-electron chi connectivity index (χ1n) is 7.82. The molecule has 1 rings (SSSR count). The predicted octanol–water partition coefficient (Wildman–Crippen LogP) is 5.08. The first-order chi connectivity index (χ1) is 9.09. The molecule has 19 heavy (non-hydrogen) atoms. The summed E-state index contributed by atoms with van der Waals surface area (Å²) in [6.07, 6.45) is 8.35. The molecule has 1 aromatic rings. The van der Waals surface area contributed by atoms with E-state index in [1.54, 1.807) is 0 Å². The van der Waals surface area contributed by atoms with E-state index in [1.165, 1.54) is 37.7 Å². The molecule has 108 valence electrons. The molecular formula is C18H30O. The number of benzene rings is 1. The Morgan fingerprint density at radius 2 is 1.53 bits per heavy atom. The third-order valence-electron chi connectivity index (χ3n) is 4.18. The van der Waals surface area contributed by atoms with E-state index >= 15 is 0 Å². The Labute approximate surface area is 119 Å². The molecule has 0 fully saturated rings. The molecule has 0 spiro atoms. The van der Waals surface area contributed by atoms with E-state index in [1.807, 2.05) is 6.07 Å². The molecule has 0 saturated carbocycles. The smallest absolute Gasteiger partial charge is 0.0631 e. The van der Waals surface area contributed by atoms with Crippen LogP contribution in [0.4, 0.5) is 0 Å². The largest absolute Gasteiger partial charge is 0.392 e. The SMILES string of the molecule is CCCCCCCCC(O)C(C)(C)c1ccccc1. The van der Waals surface area contributed by atoms with E-state index in [-0.39, 0.29) is 11.5 Å². The lowest BCUT2D eigenvalue weighted by atomic mass is 9.77. The Kier molecular flexibility index (Phi) is 7.15. The van der Waals surface area contributed by atoms with Crippen LogP contribution in [0.2, 0.25) is 0 Å². The van der Waals surface area contributed by atoms with Crippen LogP contribution >= 0.6 is 0 Å². The summed E-state index contributed by atoms with van der Waals surface area (Å²) in [7, 11) is 0. The second-order valence-corrected chi connectivity index (χ2v) is 6.16. The van der Waals surface area contributed by atoms with Crippen LogP contribution in [0, 0.1) is 0 Å². The van der Waals surface area contributed by atoms with Gasteiger partial charge in [0.05, 0.1) is 6.10 Å². The van der Waals surface area contributed by atoms with Crippen molar-refractivity contribution in [2.75, 3.05) is 0 Å². The third kappa shape index (κ3) is 5.36. The standard InChI is InChI=1S/C18H30O/c1-4-5-6-7-8-12-15-17(19)18(2,3)16-13-10-9-11-14-16/h9-11,13-14,17,19H,4-8,12,15H2,1-3H3. The maximum absolute atomic E-state index is 10.4. The van der Waals surface area contributed by atoms with Gasteiger partial charge < -0.3 is 5.11 Å². The van der Waals surface area contributed by atoms with E-state index in [4.69, 9.17) is 0 Å². The monoisotopic (exact) mass is 262 g/mol. The van der Waals surface area contributed by atoms with Crippen molar-refractivity contribution >= 4 is 0 Å². The fourth-order valence-electron chi connectivity index (χ4n) is 2.54. The summed E-state index contributed by atoms with van der Waals surface area (Å²) < 4.78 is 0. The van der Waals surface area contributed by atoms with Gasteiger partial charge in [0.2, 0.25) is 0 Å². The van der Waals surface area contributed by atoms with Crippen molar-refractivity contribution in [2.24, 2.45) is 0 Å². The lowest BCUT2D eigenvalue weighted by molar-refractivity contribution is 0.0884. The minimum Gasteiger partial charge on any atom is -0.392 e. The minimum absolute atomic E-state index is 0.148. The van der Waals surface area contributed by atoms with Gasteiger partial charge >= 0.3 is 0 Å². The maximum atomic E-state index is 10.4. The molecule has 1 nitrogen and oxygen atoms in total. The van der Waals surface area contributed by atoms with Crippen molar-refractivity contribution in [3.8, 4) is 0 Å². The first-order valence-corrected chi connectivity index (χ1v) is 7.82. The first kappa shape index (κ1) is 16.2. The molecule has 0 aliphatic heterocycles. The summed E-state index contributed by atoms with van der Waals surface area (Å²) in [6.45, 7) is 6.53. The van der Waals surface area contributed by atoms with E-state index in [9.17, 15) is 5.11 Å². The summed E-state index contributed by atoms with van der Waals surface area (Å²) in [4.78, 5) is 0. The average molecular weight is 262 g/mol. The number of rotatable bonds is 9. The quantitative estimate of drug-likeness (QED) is 0.616. The Balaban J connectivity index is 2.34. The van der Waals surface area contributed by atoms with Gasteiger partial charge in [0.1, 0.15) is 0 Å². The Hall–Kier alpha value is -0.820. The van der Waals surface area contributed by atoms with Crippen molar-refractivity contribution in [1.29, 1.82) is 0 Å². The second-order valence-electron chi connectivity index (χ2n) is 6.16. The molecule has 0 radical (unpaired) electrons. The Morgan fingerprint density at radius 1 is 0.947 bits per heavy atom. The fourth-order valence-corrected chi connectivity index (χ4v) is 2.54. The number of unbranched alkanes of at least 4 members (excludes halogenated alkanes) is 5. The number of aliphatic hydroxyl groups is 1. The maximum Gasteiger partial charge on any atom is 0.0631 e. The summed E-state index contributed by atoms with van der Waals surface area (Å²) in [6, 6.07) is 10.4. The molecule has 0 amide bonds. The molecule has 1 aromatic carbocycles. The van der Waals surface area contributed by atoms with Crippen molar-refractivity contribution in [3.63, 3.8) is 0 Å². The zero-order valence-electron chi connectivity index (χ0n) is 12.9. The van der Waals surface area contributed by atoms with Crippen molar-refractivity contribution in [2.45, 2.75) is 77.2 Å². The minimum atomic E-state index is -0.249. The second kappa shape index (κ2) is 8.37. The molecule has 1 N–H and O–H groups in total.